The molecule has 0 radical (unpaired) electrons. The number of imidazole rings is 1. The Morgan fingerprint density at radius 2 is 1.62 bits per heavy atom. The molecule has 1 aromatic heterocycles. The van der Waals surface area contributed by atoms with Crippen molar-refractivity contribution in [1.82, 2.24) is 9.97 Å². The van der Waals surface area contributed by atoms with E-state index in [-0.39, 0.29) is 42.7 Å². The fraction of sp³-hybridized carbons (Fsp3) is 0.481. The molecule has 0 unspecified atom stereocenters. The van der Waals surface area contributed by atoms with E-state index in [0.717, 1.165) is 32.2 Å². The number of hydrogen-bond donors (Lipinski definition) is 3. The Hall–Kier alpha value is -3.41. The number of carbonyl (C=O) groups excluding carboxylic acids is 1. The first-order chi connectivity index (χ1) is 18.4. The van der Waals surface area contributed by atoms with Crippen LogP contribution in [0.4, 0.5) is 31.8 Å². The van der Waals surface area contributed by atoms with E-state index in [2.05, 4.69) is 20.2 Å². The van der Waals surface area contributed by atoms with Crippen molar-refractivity contribution in [3.8, 4) is 0 Å². The van der Waals surface area contributed by atoms with Crippen LogP contribution in [0, 0.1) is 5.41 Å². The minimum Gasteiger partial charge on any atom is -0.371 e. The Morgan fingerprint density at radius 1 is 0.974 bits per heavy atom. The van der Waals surface area contributed by atoms with Gasteiger partial charge in [0.15, 0.2) is 15.8 Å². The molecule has 3 fully saturated rings. The summed E-state index contributed by atoms with van der Waals surface area (Å²) in [4.78, 5) is 25.1. The summed E-state index contributed by atoms with van der Waals surface area (Å²) in [5, 5.41) is 2.94. The lowest BCUT2D eigenvalue weighted by Crippen LogP contribution is -2.39. The number of nitrogen functional groups attached to an aromatic ring is 1. The van der Waals surface area contributed by atoms with Gasteiger partial charge >= 0.3 is 0 Å². The van der Waals surface area contributed by atoms with Crippen LogP contribution in [0.3, 0.4) is 0 Å². The molecule has 12 heteroatoms. The number of piperidine rings is 2. The van der Waals surface area contributed by atoms with Crippen LogP contribution in [0.5, 0.6) is 0 Å². The molecule has 3 aliphatic rings. The highest BCUT2D eigenvalue weighted by molar-refractivity contribution is 7.90. The van der Waals surface area contributed by atoms with Crippen LogP contribution < -0.4 is 20.9 Å². The number of nitrogens with two attached hydrogens (primary N) is 1. The van der Waals surface area contributed by atoms with Gasteiger partial charge < -0.3 is 25.8 Å². The Balaban J connectivity index is 1.32. The first-order valence-corrected chi connectivity index (χ1v) is 15.1. The smallest absolute Gasteiger partial charge is 0.257 e. The molecule has 4 N–H and O–H groups in total. The summed E-state index contributed by atoms with van der Waals surface area (Å²) >= 11 is 0. The topological polar surface area (TPSA) is 124 Å². The number of carbonyl (C=O) groups is 1. The van der Waals surface area contributed by atoms with Gasteiger partial charge in [0, 0.05) is 51.0 Å². The normalized spacial score (nSPS) is 20.4. The molecule has 2 aliphatic heterocycles. The number of benzene rings is 2. The summed E-state index contributed by atoms with van der Waals surface area (Å²) in [6, 6.07) is 8.04. The lowest BCUT2D eigenvalue weighted by Gasteiger charge is -2.35. The average molecular weight is 559 g/mol. The summed E-state index contributed by atoms with van der Waals surface area (Å²) in [5.74, 6) is -2.90. The lowest BCUT2D eigenvalue weighted by molar-refractivity contribution is -0.0220. The van der Waals surface area contributed by atoms with Crippen LogP contribution in [-0.4, -0.2) is 62.7 Å². The van der Waals surface area contributed by atoms with Crippen LogP contribution in [0.25, 0.3) is 11.0 Å². The van der Waals surface area contributed by atoms with E-state index in [0.29, 0.717) is 39.1 Å². The molecule has 1 aliphatic carbocycles. The average Bonchev–Trinajstić information content (AvgIpc) is 3.52. The van der Waals surface area contributed by atoms with E-state index in [9.17, 15) is 22.0 Å². The van der Waals surface area contributed by atoms with Gasteiger partial charge in [0.2, 0.25) is 0 Å². The van der Waals surface area contributed by atoms with E-state index in [1.165, 1.54) is 18.9 Å². The number of sulfone groups is 1. The number of halogens is 2. The highest BCUT2D eigenvalue weighted by Gasteiger charge is 2.44. The van der Waals surface area contributed by atoms with Gasteiger partial charge in [-0.05, 0) is 61.4 Å². The third kappa shape index (κ3) is 5.13. The molecule has 6 rings (SSSR count). The van der Waals surface area contributed by atoms with E-state index in [1.807, 2.05) is 4.90 Å². The quantitative estimate of drug-likeness (QED) is 0.424. The van der Waals surface area contributed by atoms with Gasteiger partial charge in [0.1, 0.15) is 5.52 Å². The van der Waals surface area contributed by atoms with E-state index >= 15 is 0 Å². The Bertz CT molecular complexity index is 1550. The van der Waals surface area contributed by atoms with Gasteiger partial charge in [0.05, 0.1) is 27.4 Å². The van der Waals surface area contributed by atoms with Crippen molar-refractivity contribution in [3.05, 3.63) is 35.9 Å². The molecular weight excluding hydrogens is 526 g/mol. The second-order valence-electron chi connectivity index (χ2n) is 11.2. The zero-order valence-electron chi connectivity index (χ0n) is 21.8. The Labute approximate surface area is 225 Å². The minimum absolute atomic E-state index is 0.153. The Morgan fingerprint density at radius 3 is 2.26 bits per heavy atom. The van der Waals surface area contributed by atoms with Crippen LogP contribution in [0.15, 0.2) is 35.2 Å². The molecule has 208 valence electrons. The number of nitrogens with zero attached hydrogens (tertiary/aromatic N) is 3. The third-order valence-corrected chi connectivity index (χ3v) is 9.55. The second-order valence-corrected chi connectivity index (χ2v) is 13.3. The van der Waals surface area contributed by atoms with Crippen molar-refractivity contribution in [2.75, 3.05) is 53.3 Å². The van der Waals surface area contributed by atoms with Crippen LogP contribution in [0.1, 0.15) is 48.9 Å². The number of rotatable bonds is 5. The van der Waals surface area contributed by atoms with Crippen molar-refractivity contribution < 1.29 is 22.0 Å². The molecule has 1 spiro atoms. The van der Waals surface area contributed by atoms with Gasteiger partial charge in [-0.2, -0.15) is 0 Å². The molecule has 2 saturated heterocycles. The molecule has 2 aromatic carbocycles. The van der Waals surface area contributed by atoms with E-state index < -0.39 is 15.8 Å². The molecule has 9 nitrogen and oxygen atoms in total. The zero-order valence-corrected chi connectivity index (χ0v) is 22.6. The first-order valence-electron chi connectivity index (χ1n) is 13.2. The minimum atomic E-state index is -3.46. The fourth-order valence-electron chi connectivity index (χ4n) is 5.80. The molecule has 0 atom stereocenters. The monoisotopic (exact) mass is 558 g/mol. The molecule has 1 saturated carbocycles. The number of fused-ring (bicyclic) bond motifs is 1. The van der Waals surface area contributed by atoms with E-state index in [4.69, 9.17) is 5.73 Å². The molecule has 3 aromatic rings. The maximum absolute atomic E-state index is 13.8. The van der Waals surface area contributed by atoms with E-state index in [1.54, 1.807) is 24.3 Å². The number of aromatic nitrogens is 2. The van der Waals surface area contributed by atoms with Crippen LogP contribution in [0.2, 0.25) is 0 Å². The zero-order chi connectivity index (χ0) is 27.6. The molecule has 1 amide bonds. The Kier molecular flexibility index (Phi) is 6.01. The van der Waals surface area contributed by atoms with Crippen molar-refractivity contribution in [2.45, 2.75) is 49.3 Å². The predicted molar refractivity (Wildman–Crippen MR) is 148 cm³/mol. The molecule has 39 heavy (non-hydrogen) atoms. The number of nitrogens with one attached hydrogen (secondary N) is 2. The molecular formula is C27H32F2N6O3S. The second kappa shape index (κ2) is 9.07. The molecule has 3 heterocycles. The maximum atomic E-state index is 13.8. The first kappa shape index (κ1) is 25.8. The molecule has 0 bridgehead atoms. The van der Waals surface area contributed by atoms with Crippen LogP contribution in [-0.2, 0) is 9.84 Å². The van der Waals surface area contributed by atoms with Gasteiger partial charge in [-0.1, -0.05) is 0 Å². The SMILES string of the molecule is CS(=O)(=O)c1ccc(C(=O)Nc2cc(N3CCC(F)(F)CC3)c3nc(N)[nH]c3c2)c(N2CCC3(CC2)CC3)c1. The van der Waals surface area contributed by atoms with Crippen LogP contribution >= 0.6 is 0 Å². The van der Waals surface area contributed by atoms with Crippen molar-refractivity contribution >= 4 is 49.8 Å². The van der Waals surface area contributed by atoms with Gasteiger partial charge in [-0.3, -0.25) is 4.79 Å². The number of hydrogen-bond acceptors (Lipinski definition) is 7. The van der Waals surface area contributed by atoms with Crippen molar-refractivity contribution in [2.24, 2.45) is 5.41 Å². The van der Waals surface area contributed by atoms with Gasteiger partial charge in [0.25, 0.3) is 11.8 Å². The van der Waals surface area contributed by atoms with Crippen molar-refractivity contribution in [3.63, 3.8) is 0 Å². The third-order valence-electron chi connectivity index (χ3n) is 8.44. The summed E-state index contributed by atoms with van der Waals surface area (Å²) in [7, 11) is -3.46. The summed E-state index contributed by atoms with van der Waals surface area (Å²) in [5.41, 5.74) is 9.49. The number of anilines is 4. The van der Waals surface area contributed by atoms with Gasteiger partial charge in [-0.25, -0.2) is 22.2 Å². The number of H-pyrrole nitrogens is 1. The largest absolute Gasteiger partial charge is 0.371 e. The number of amides is 1. The van der Waals surface area contributed by atoms with Crippen molar-refractivity contribution in [1.29, 1.82) is 0 Å². The number of aromatic amines is 1. The summed E-state index contributed by atoms with van der Waals surface area (Å²) < 4.78 is 52.3. The lowest BCUT2D eigenvalue weighted by atomic mass is 9.93. The highest BCUT2D eigenvalue weighted by Crippen LogP contribution is 2.54. The highest BCUT2D eigenvalue weighted by atomic mass is 32.2. The fourth-order valence-corrected chi connectivity index (χ4v) is 6.44. The predicted octanol–water partition coefficient (Wildman–Crippen LogP) is 4.42. The summed E-state index contributed by atoms with van der Waals surface area (Å²) in [6.07, 6.45) is 5.13. The number of alkyl halides is 2. The summed E-state index contributed by atoms with van der Waals surface area (Å²) in [6.45, 7) is 1.83. The standard InChI is InChI=1S/C27H32F2N6O3S/c1-39(37,38)18-2-3-19(21(16-18)34-10-6-26(4-5-26)7-11-34)24(36)31-17-14-20-23(33-25(30)32-20)22(15-17)35-12-8-27(28,29)9-13-35/h2-3,14-16H,4-13H2,1H3,(H,31,36)(H3,30,32,33). The van der Waals surface area contributed by atoms with Gasteiger partial charge in [-0.15, -0.1) is 0 Å². The maximum Gasteiger partial charge on any atom is 0.257 e.